The van der Waals surface area contributed by atoms with Gasteiger partial charge in [-0.15, -0.1) is 0 Å². The van der Waals surface area contributed by atoms with E-state index >= 15 is 0 Å². The highest BCUT2D eigenvalue weighted by atomic mass is 16.5. The smallest absolute Gasteiger partial charge is 0.262 e. The minimum Gasteiger partial charge on any atom is -0.481 e. The van der Waals surface area contributed by atoms with Crippen LogP contribution in [0, 0.1) is 0 Å². The zero-order valence-electron chi connectivity index (χ0n) is 14.0. The number of amides is 2. The van der Waals surface area contributed by atoms with E-state index in [1.54, 1.807) is 36.1 Å². The van der Waals surface area contributed by atoms with Crippen LogP contribution in [-0.4, -0.2) is 28.2 Å². The van der Waals surface area contributed by atoms with Crippen LogP contribution >= 0.6 is 0 Å². The number of aromatic nitrogens is 2. The quantitative estimate of drug-likeness (QED) is 0.762. The summed E-state index contributed by atoms with van der Waals surface area (Å²) in [4.78, 5) is 24.3. The number of rotatable bonds is 3. The maximum absolute atomic E-state index is 12.8. The predicted molar refractivity (Wildman–Crippen MR) is 97.2 cm³/mol. The number of nitrogens with zero attached hydrogens (tertiary/aromatic N) is 2. The molecular weight excluding hydrogens is 332 g/mol. The molecule has 0 aliphatic carbocycles. The molecule has 2 N–H and O–H groups in total. The summed E-state index contributed by atoms with van der Waals surface area (Å²) in [5, 5.41) is 10.0. The standard InChI is InChI=1S/C19H16N4O3/c1-23-10-15(17(22-23)12-6-3-2-4-7-12)21-19(25)13-8-5-9-14-18(13)26-11-16(24)20-14/h2-10H,11H2,1H3,(H,20,24)(H,21,25). The number of benzene rings is 2. The molecule has 130 valence electrons. The Morgan fingerprint density at radius 3 is 2.81 bits per heavy atom. The minimum atomic E-state index is -0.330. The van der Waals surface area contributed by atoms with E-state index in [1.807, 2.05) is 30.3 Å². The molecule has 0 spiro atoms. The molecule has 2 heterocycles. The Bertz CT molecular complexity index is 995. The monoisotopic (exact) mass is 348 g/mol. The van der Waals surface area contributed by atoms with Gasteiger partial charge in [0.25, 0.3) is 11.8 Å². The first kappa shape index (κ1) is 15.9. The van der Waals surface area contributed by atoms with Crippen LogP contribution < -0.4 is 15.4 Å². The summed E-state index contributed by atoms with van der Waals surface area (Å²) in [6, 6.07) is 14.7. The van der Waals surface area contributed by atoms with E-state index in [2.05, 4.69) is 15.7 Å². The highest BCUT2D eigenvalue weighted by Gasteiger charge is 2.23. The second-order valence-electron chi connectivity index (χ2n) is 5.90. The van der Waals surface area contributed by atoms with E-state index in [-0.39, 0.29) is 18.4 Å². The van der Waals surface area contributed by atoms with Crippen LogP contribution in [0.5, 0.6) is 5.75 Å². The molecule has 26 heavy (non-hydrogen) atoms. The third kappa shape index (κ3) is 2.90. The third-order valence-corrected chi connectivity index (χ3v) is 4.01. The molecular formula is C19H16N4O3. The zero-order chi connectivity index (χ0) is 18.1. The van der Waals surface area contributed by atoms with E-state index < -0.39 is 0 Å². The number of para-hydroxylation sites is 1. The molecule has 1 aliphatic rings. The Balaban J connectivity index is 1.67. The molecule has 3 aromatic rings. The maximum Gasteiger partial charge on any atom is 0.262 e. The second kappa shape index (κ2) is 6.36. The lowest BCUT2D eigenvalue weighted by Gasteiger charge is -2.20. The van der Waals surface area contributed by atoms with Crippen molar-refractivity contribution in [1.82, 2.24) is 9.78 Å². The predicted octanol–water partition coefficient (Wildman–Crippen LogP) is 2.67. The van der Waals surface area contributed by atoms with Crippen molar-refractivity contribution in [2.75, 3.05) is 17.2 Å². The first-order valence-corrected chi connectivity index (χ1v) is 8.08. The van der Waals surface area contributed by atoms with Crippen molar-refractivity contribution in [3.8, 4) is 17.0 Å². The van der Waals surface area contributed by atoms with E-state index in [0.29, 0.717) is 28.4 Å². The summed E-state index contributed by atoms with van der Waals surface area (Å²) in [5.74, 6) is -0.202. The largest absolute Gasteiger partial charge is 0.481 e. The number of fused-ring (bicyclic) bond motifs is 1. The summed E-state index contributed by atoms with van der Waals surface area (Å²) in [6.07, 6.45) is 1.75. The summed E-state index contributed by atoms with van der Waals surface area (Å²) >= 11 is 0. The van der Waals surface area contributed by atoms with Crippen molar-refractivity contribution in [1.29, 1.82) is 0 Å². The summed E-state index contributed by atoms with van der Waals surface area (Å²) in [7, 11) is 1.80. The summed E-state index contributed by atoms with van der Waals surface area (Å²) < 4.78 is 7.10. The molecule has 2 amide bonds. The van der Waals surface area contributed by atoms with Gasteiger partial charge < -0.3 is 15.4 Å². The van der Waals surface area contributed by atoms with E-state index in [1.165, 1.54) is 0 Å². The van der Waals surface area contributed by atoms with Crippen LogP contribution in [0.1, 0.15) is 10.4 Å². The molecule has 0 saturated heterocycles. The number of aryl methyl sites for hydroxylation is 1. The zero-order valence-corrected chi connectivity index (χ0v) is 14.0. The van der Waals surface area contributed by atoms with Crippen molar-refractivity contribution >= 4 is 23.2 Å². The molecule has 0 atom stereocenters. The summed E-state index contributed by atoms with van der Waals surface area (Å²) in [6.45, 7) is -0.112. The van der Waals surface area contributed by atoms with Crippen LogP contribution in [0.2, 0.25) is 0 Å². The van der Waals surface area contributed by atoms with Gasteiger partial charge in [-0.1, -0.05) is 36.4 Å². The van der Waals surface area contributed by atoms with Gasteiger partial charge in [0, 0.05) is 18.8 Å². The molecule has 7 heteroatoms. The number of nitrogens with one attached hydrogen (secondary N) is 2. The molecule has 0 bridgehead atoms. The van der Waals surface area contributed by atoms with Crippen molar-refractivity contribution < 1.29 is 14.3 Å². The van der Waals surface area contributed by atoms with Crippen molar-refractivity contribution in [2.45, 2.75) is 0 Å². The number of carbonyl (C=O) groups excluding carboxylic acids is 2. The van der Waals surface area contributed by atoms with Crippen LogP contribution in [0.25, 0.3) is 11.3 Å². The Hall–Kier alpha value is -3.61. The Labute approximate surface area is 149 Å². The third-order valence-electron chi connectivity index (χ3n) is 4.01. The summed E-state index contributed by atoms with van der Waals surface area (Å²) in [5.41, 5.74) is 3.03. The van der Waals surface area contributed by atoms with Crippen LogP contribution in [0.3, 0.4) is 0 Å². The molecule has 0 unspecified atom stereocenters. The Morgan fingerprint density at radius 2 is 2.00 bits per heavy atom. The highest BCUT2D eigenvalue weighted by Crippen LogP contribution is 2.33. The molecule has 2 aromatic carbocycles. The maximum atomic E-state index is 12.8. The fourth-order valence-electron chi connectivity index (χ4n) is 2.87. The average Bonchev–Trinajstić information content (AvgIpc) is 3.01. The van der Waals surface area contributed by atoms with E-state index in [4.69, 9.17) is 4.74 Å². The lowest BCUT2D eigenvalue weighted by Crippen LogP contribution is -2.27. The number of carbonyl (C=O) groups is 2. The average molecular weight is 348 g/mol. The van der Waals surface area contributed by atoms with Gasteiger partial charge >= 0.3 is 0 Å². The lowest BCUT2D eigenvalue weighted by atomic mass is 10.1. The molecule has 0 fully saturated rings. The van der Waals surface area contributed by atoms with Gasteiger partial charge in [-0.25, -0.2) is 0 Å². The van der Waals surface area contributed by atoms with Gasteiger partial charge in [-0.05, 0) is 12.1 Å². The normalized spacial score (nSPS) is 12.7. The lowest BCUT2D eigenvalue weighted by molar-refractivity contribution is -0.118. The molecule has 0 radical (unpaired) electrons. The van der Waals surface area contributed by atoms with Crippen molar-refractivity contribution in [3.63, 3.8) is 0 Å². The van der Waals surface area contributed by atoms with Gasteiger partial charge in [0.05, 0.1) is 16.9 Å². The Morgan fingerprint density at radius 1 is 1.19 bits per heavy atom. The van der Waals surface area contributed by atoms with Crippen LogP contribution in [0.15, 0.2) is 54.7 Å². The molecule has 1 aromatic heterocycles. The number of hydrogen-bond donors (Lipinski definition) is 2. The first-order valence-electron chi connectivity index (χ1n) is 8.08. The number of anilines is 2. The highest BCUT2D eigenvalue weighted by molar-refractivity contribution is 6.10. The fraction of sp³-hybridized carbons (Fsp3) is 0.105. The molecule has 7 nitrogen and oxygen atoms in total. The van der Waals surface area contributed by atoms with E-state index in [0.717, 1.165) is 5.56 Å². The van der Waals surface area contributed by atoms with Gasteiger partial charge in [-0.3, -0.25) is 14.3 Å². The topological polar surface area (TPSA) is 85.2 Å². The van der Waals surface area contributed by atoms with Crippen molar-refractivity contribution in [2.24, 2.45) is 7.05 Å². The van der Waals surface area contributed by atoms with Crippen LogP contribution in [0.4, 0.5) is 11.4 Å². The van der Waals surface area contributed by atoms with Gasteiger partial charge in [-0.2, -0.15) is 5.10 Å². The Kier molecular flexibility index (Phi) is 3.89. The SMILES string of the molecule is Cn1cc(NC(=O)c2cccc3c2OCC(=O)N3)c(-c2ccccc2)n1. The first-order chi connectivity index (χ1) is 12.6. The number of ether oxygens (including phenoxy) is 1. The molecule has 0 saturated carbocycles. The van der Waals surface area contributed by atoms with Gasteiger partial charge in [0.1, 0.15) is 5.69 Å². The van der Waals surface area contributed by atoms with Crippen LogP contribution in [-0.2, 0) is 11.8 Å². The minimum absolute atomic E-state index is 0.112. The fourth-order valence-corrected chi connectivity index (χ4v) is 2.87. The van der Waals surface area contributed by atoms with Gasteiger partial charge in [0.15, 0.2) is 12.4 Å². The van der Waals surface area contributed by atoms with Crippen molar-refractivity contribution in [3.05, 3.63) is 60.3 Å². The van der Waals surface area contributed by atoms with E-state index in [9.17, 15) is 9.59 Å². The molecule has 4 rings (SSSR count). The molecule has 1 aliphatic heterocycles. The number of hydrogen-bond acceptors (Lipinski definition) is 4. The van der Waals surface area contributed by atoms with Gasteiger partial charge in [0.2, 0.25) is 0 Å². The second-order valence-corrected chi connectivity index (χ2v) is 5.90.